The first kappa shape index (κ1) is 25.3. The van der Waals surface area contributed by atoms with Crippen molar-refractivity contribution in [3.63, 3.8) is 0 Å². The first-order valence-corrected chi connectivity index (χ1v) is 10.9. The summed E-state index contributed by atoms with van der Waals surface area (Å²) in [6, 6.07) is 7.34. The van der Waals surface area contributed by atoms with Gasteiger partial charge in [0.1, 0.15) is 19.1 Å². The van der Waals surface area contributed by atoms with Crippen molar-refractivity contribution in [2.75, 3.05) is 31.2 Å². The third-order valence-electron chi connectivity index (χ3n) is 5.87. The molecule has 1 N–H and O–H groups in total. The first-order valence-electron chi connectivity index (χ1n) is 10.9. The maximum atomic E-state index is 13.0. The number of carbonyl (C=O) groups excluding carboxylic acids is 3. The highest BCUT2D eigenvalue weighted by molar-refractivity contribution is 6.02. The van der Waals surface area contributed by atoms with E-state index in [0.29, 0.717) is 5.56 Å². The van der Waals surface area contributed by atoms with Crippen molar-refractivity contribution in [2.45, 2.75) is 38.7 Å². The largest absolute Gasteiger partial charge is 0.461 e. The molecule has 0 spiro atoms. The van der Waals surface area contributed by atoms with Gasteiger partial charge in [-0.3, -0.25) is 14.4 Å². The van der Waals surface area contributed by atoms with Gasteiger partial charge >= 0.3 is 11.9 Å². The number of anilines is 1. The second-order valence-corrected chi connectivity index (χ2v) is 8.08. The van der Waals surface area contributed by atoms with Gasteiger partial charge in [0.2, 0.25) is 0 Å². The van der Waals surface area contributed by atoms with Gasteiger partial charge in [-0.05, 0) is 38.5 Å². The number of nitrogens with zero attached hydrogens (tertiary/aromatic N) is 1. The van der Waals surface area contributed by atoms with Gasteiger partial charge in [-0.1, -0.05) is 37.4 Å². The van der Waals surface area contributed by atoms with Crippen LogP contribution in [0.2, 0.25) is 0 Å². The number of benzene rings is 1. The molecule has 1 aromatic rings. The van der Waals surface area contributed by atoms with Gasteiger partial charge < -0.3 is 19.5 Å². The van der Waals surface area contributed by atoms with Gasteiger partial charge in [-0.2, -0.15) is 0 Å². The van der Waals surface area contributed by atoms with Crippen LogP contribution in [0.15, 0.2) is 49.6 Å². The Bertz CT molecular complexity index is 840. The predicted octanol–water partition coefficient (Wildman–Crippen LogP) is 3.03. The fraction of sp³-hybridized carbons (Fsp3) is 0.480. The number of hydrogen-bond donors (Lipinski definition) is 1. The number of aliphatic hydroxyl groups is 1. The van der Waals surface area contributed by atoms with Crippen molar-refractivity contribution in [3.05, 3.63) is 55.1 Å². The molecule has 0 aromatic heterocycles. The fourth-order valence-electron chi connectivity index (χ4n) is 4.37. The lowest BCUT2D eigenvalue weighted by atomic mass is 9.61. The summed E-state index contributed by atoms with van der Waals surface area (Å²) in [7, 11) is 0. The lowest BCUT2D eigenvalue weighted by molar-refractivity contribution is -0.171. The number of Topliss-reactive ketones (excluding diaryl/α,β-unsaturated/α-hetero) is 1. The maximum absolute atomic E-state index is 13.0. The van der Waals surface area contributed by atoms with E-state index < -0.39 is 41.1 Å². The fourth-order valence-corrected chi connectivity index (χ4v) is 4.37. The van der Waals surface area contributed by atoms with E-state index in [-0.39, 0.29) is 19.6 Å². The van der Waals surface area contributed by atoms with Crippen molar-refractivity contribution in [2.24, 2.45) is 11.8 Å². The minimum Gasteiger partial charge on any atom is -0.461 e. The number of esters is 2. The molecule has 1 saturated carbocycles. The number of rotatable bonds is 10. The van der Waals surface area contributed by atoms with Crippen LogP contribution >= 0.6 is 0 Å². The van der Waals surface area contributed by atoms with E-state index in [9.17, 15) is 19.5 Å². The van der Waals surface area contributed by atoms with Crippen LogP contribution in [0.1, 0.15) is 38.7 Å². The quantitative estimate of drug-likeness (QED) is 0.337. The molecule has 1 aromatic carbocycles. The summed E-state index contributed by atoms with van der Waals surface area (Å²) in [4.78, 5) is 41.0. The topological polar surface area (TPSA) is 93.1 Å². The molecule has 174 valence electrons. The van der Waals surface area contributed by atoms with E-state index in [0.717, 1.165) is 18.8 Å². The number of carbonyl (C=O) groups is 3. The summed E-state index contributed by atoms with van der Waals surface area (Å²) in [5.41, 5.74) is -0.133. The van der Waals surface area contributed by atoms with E-state index in [4.69, 9.17) is 9.47 Å². The molecule has 0 aliphatic heterocycles. The van der Waals surface area contributed by atoms with Crippen LogP contribution in [-0.4, -0.2) is 54.7 Å². The summed E-state index contributed by atoms with van der Waals surface area (Å²) in [6.07, 6.45) is 2.47. The minimum atomic E-state index is -1.69. The summed E-state index contributed by atoms with van der Waals surface area (Å²) >= 11 is 0. The average molecular weight is 444 g/mol. The van der Waals surface area contributed by atoms with Gasteiger partial charge in [-0.25, -0.2) is 0 Å². The standard InChI is InChI=1S/C25H33NO6/c1-6-14-31-23(28)21-19(27)16-25(5,30)22(24(29)32-15-7-2)20(21)17-10-12-18(13-11-17)26(8-3)9-4/h6-7,10-13,20-22,30H,1-2,8-9,14-16H2,3-5H3/t20-,21-,22-,25+/m1/s1. The van der Waals surface area contributed by atoms with Crippen LogP contribution in [-0.2, 0) is 23.9 Å². The normalized spacial score (nSPS) is 25.0. The zero-order valence-corrected chi connectivity index (χ0v) is 19.1. The molecule has 4 atom stereocenters. The molecule has 32 heavy (non-hydrogen) atoms. The van der Waals surface area contributed by atoms with Crippen LogP contribution in [0.5, 0.6) is 0 Å². The lowest BCUT2D eigenvalue weighted by Crippen LogP contribution is -2.55. The van der Waals surface area contributed by atoms with Gasteiger partial charge in [0, 0.05) is 31.1 Å². The summed E-state index contributed by atoms with van der Waals surface area (Å²) in [5.74, 6) is -5.23. The Morgan fingerprint density at radius 2 is 1.62 bits per heavy atom. The van der Waals surface area contributed by atoms with E-state index in [2.05, 4.69) is 18.1 Å². The van der Waals surface area contributed by atoms with Crippen molar-refractivity contribution in [3.8, 4) is 0 Å². The zero-order chi connectivity index (χ0) is 23.9. The van der Waals surface area contributed by atoms with Gasteiger partial charge in [-0.15, -0.1) is 0 Å². The molecule has 0 unspecified atom stereocenters. The molecule has 0 saturated heterocycles. The van der Waals surface area contributed by atoms with Crippen LogP contribution in [0.25, 0.3) is 0 Å². The van der Waals surface area contributed by atoms with E-state index in [1.807, 2.05) is 26.0 Å². The van der Waals surface area contributed by atoms with E-state index >= 15 is 0 Å². The molecular formula is C25H33NO6. The first-order chi connectivity index (χ1) is 15.2. The monoisotopic (exact) mass is 443 g/mol. The van der Waals surface area contributed by atoms with Crippen LogP contribution in [0, 0.1) is 11.8 Å². The highest BCUT2D eigenvalue weighted by Gasteiger charge is 2.57. The SMILES string of the molecule is C=CCOC(=O)[C@@H]1C(=O)C[C@](C)(O)[C@@H](C(=O)OCC=C)[C@@H]1c1ccc(N(CC)CC)cc1. The molecule has 0 heterocycles. The Hall–Kier alpha value is -2.93. The van der Waals surface area contributed by atoms with Crippen molar-refractivity contribution in [1.29, 1.82) is 0 Å². The molecule has 0 radical (unpaired) electrons. The second kappa shape index (κ2) is 11.1. The molecule has 1 aliphatic rings. The molecule has 1 fully saturated rings. The van der Waals surface area contributed by atoms with Crippen LogP contribution in [0.3, 0.4) is 0 Å². The lowest BCUT2D eigenvalue weighted by Gasteiger charge is -2.43. The Labute approximate surface area is 189 Å². The highest BCUT2D eigenvalue weighted by Crippen LogP contribution is 2.47. The Kier molecular flexibility index (Phi) is 8.78. The van der Waals surface area contributed by atoms with Crippen molar-refractivity contribution in [1.82, 2.24) is 0 Å². The summed E-state index contributed by atoms with van der Waals surface area (Å²) in [6.45, 7) is 14.1. The Morgan fingerprint density at radius 1 is 1.09 bits per heavy atom. The highest BCUT2D eigenvalue weighted by atomic mass is 16.5. The summed E-state index contributed by atoms with van der Waals surface area (Å²) in [5, 5.41) is 11.1. The van der Waals surface area contributed by atoms with E-state index in [1.165, 1.54) is 19.1 Å². The maximum Gasteiger partial charge on any atom is 0.317 e. The molecule has 0 bridgehead atoms. The van der Waals surface area contributed by atoms with Gasteiger partial charge in [0.05, 0.1) is 11.5 Å². The van der Waals surface area contributed by atoms with Gasteiger partial charge in [0.25, 0.3) is 0 Å². The molecule has 2 rings (SSSR count). The molecule has 7 heteroatoms. The second-order valence-electron chi connectivity index (χ2n) is 8.08. The number of hydrogen-bond acceptors (Lipinski definition) is 7. The smallest absolute Gasteiger partial charge is 0.317 e. The van der Waals surface area contributed by atoms with Crippen LogP contribution in [0.4, 0.5) is 5.69 Å². The molecule has 1 aliphatic carbocycles. The molecule has 7 nitrogen and oxygen atoms in total. The Balaban J connectivity index is 2.57. The third kappa shape index (κ3) is 5.46. The predicted molar refractivity (Wildman–Crippen MR) is 122 cm³/mol. The minimum absolute atomic E-state index is 0.0431. The summed E-state index contributed by atoms with van der Waals surface area (Å²) < 4.78 is 10.4. The Morgan fingerprint density at radius 3 is 2.12 bits per heavy atom. The van der Waals surface area contributed by atoms with Gasteiger partial charge in [0.15, 0.2) is 5.78 Å². The van der Waals surface area contributed by atoms with E-state index in [1.54, 1.807) is 12.1 Å². The molecule has 0 amide bonds. The zero-order valence-electron chi connectivity index (χ0n) is 19.1. The number of ether oxygens (including phenoxy) is 2. The number of ketones is 1. The molecular weight excluding hydrogens is 410 g/mol. The van der Waals surface area contributed by atoms with Crippen molar-refractivity contribution >= 4 is 23.4 Å². The average Bonchev–Trinajstić information content (AvgIpc) is 2.76. The van der Waals surface area contributed by atoms with Crippen molar-refractivity contribution < 1.29 is 29.0 Å². The third-order valence-corrected chi connectivity index (χ3v) is 5.87. The van der Waals surface area contributed by atoms with Crippen LogP contribution < -0.4 is 4.90 Å².